The zero-order valence-corrected chi connectivity index (χ0v) is 17.0. The normalized spacial score (nSPS) is 15.0. The zero-order chi connectivity index (χ0) is 19.8. The summed E-state index contributed by atoms with van der Waals surface area (Å²) in [6.07, 6.45) is 0. The number of methoxy groups -OCH3 is 1. The third kappa shape index (κ3) is 5.78. The van der Waals surface area contributed by atoms with Crippen LogP contribution >= 0.6 is 11.6 Å². The van der Waals surface area contributed by atoms with E-state index in [4.69, 9.17) is 22.1 Å². The SMILES string of the molecule is COCCNc1ccc(CN=C(N)N2CCN(c3ccc(Cl)cc3)CC2)cc1. The minimum absolute atomic E-state index is 0.585. The maximum absolute atomic E-state index is 6.22. The molecule has 0 radical (unpaired) electrons. The molecule has 7 heteroatoms. The van der Waals surface area contributed by atoms with Gasteiger partial charge in [0.1, 0.15) is 0 Å². The number of hydrogen-bond acceptors (Lipinski definition) is 4. The Morgan fingerprint density at radius 1 is 1.07 bits per heavy atom. The lowest BCUT2D eigenvalue weighted by Gasteiger charge is -2.36. The van der Waals surface area contributed by atoms with E-state index in [-0.39, 0.29) is 0 Å². The number of hydrogen-bond donors (Lipinski definition) is 2. The lowest BCUT2D eigenvalue weighted by Crippen LogP contribution is -2.51. The summed E-state index contributed by atoms with van der Waals surface area (Å²) >= 11 is 5.97. The lowest BCUT2D eigenvalue weighted by atomic mass is 10.2. The van der Waals surface area contributed by atoms with Crippen LogP contribution in [0.25, 0.3) is 0 Å². The zero-order valence-electron chi connectivity index (χ0n) is 16.3. The quantitative estimate of drug-likeness (QED) is 0.424. The minimum Gasteiger partial charge on any atom is -0.383 e. The molecule has 1 saturated heterocycles. The molecule has 6 nitrogen and oxygen atoms in total. The van der Waals surface area contributed by atoms with Gasteiger partial charge in [-0.25, -0.2) is 4.99 Å². The van der Waals surface area contributed by atoms with Crippen LogP contribution in [0.4, 0.5) is 11.4 Å². The van der Waals surface area contributed by atoms with Gasteiger partial charge in [-0.3, -0.25) is 0 Å². The molecule has 0 aromatic heterocycles. The van der Waals surface area contributed by atoms with E-state index in [1.807, 2.05) is 12.1 Å². The van der Waals surface area contributed by atoms with Gasteiger partial charge in [-0.15, -0.1) is 0 Å². The van der Waals surface area contributed by atoms with Gasteiger partial charge in [-0.1, -0.05) is 23.7 Å². The highest BCUT2D eigenvalue weighted by Crippen LogP contribution is 2.19. The highest BCUT2D eigenvalue weighted by atomic mass is 35.5. The summed E-state index contributed by atoms with van der Waals surface area (Å²) in [6.45, 7) is 5.62. The Morgan fingerprint density at radius 3 is 2.39 bits per heavy atom. The number of piperazine rings is 1. The van der Waals surface area contributed by atoms with Crippen molar-refractivity contribution in [2.24, 2.45) is 10.7 Å². The first kappa shape index (κ1) is 20.3. The molecule has 1 heterocycles. The standard InChI is InChI=1S/C21H28ClN5O/c1-28-15-10-24-19-6-2-17(3-7-19)16-25-21(23)27-13-11-26(12-14-27)20-8-4-18(22)5-9-20/h2-9,24H,10-16H2,1H3,(H2,23,25). The molecule has 0 bridgehead atoms. The molecule has 2 aromatic carbocycles. The lowest BCUT2D eigenvalue weighted by molar-refractivity contribution is 0.211. The summed E-state index contributed by atoms with van der Waals surface area (Å²) in [5.74, 6) is 0.609. The third-order valence-corrected chi connectivity index (χ3v) is 5.06. The smallest absolute Gasteiger partial charge is 0.191 e. The number of nitrogens with one attached hydrogen (secondary N) is 1. The predicted octanol–water partition coefficient (Wildman–Crippen LogP) is 3.04. The fourth-order valence-corrected chi connectivity index (χ4v) is 3.27. The van der Waals surface area contributed by atoms with E-state index < -0.39 is 0 Å². The van der Waals surface area contributed by atoms with Crippen LogP contribution in [0.3, 0.4) is 0 Å². The Kier molecular flexibility index (Phi) is 7.39. The highest BCUT2D eigenvalue weighted by Gasteiger charge is 2.18. The Balaban J connectivity index is 1.47. The number of anilines is 2. The first-order valence-corrected chi connectivity index (χ1v) is 9.90. The van der Waals surface area contributed by atoms with Crippen LogP contribution in [0.2, 0.25) is 5.02 Å². The number of aliphatic imine (C=N–C) groups is 1. The molecule has 150 valence electrons. The molecule has 0 atom stereocenters. The Morgan fingerprint density at radius 2 is 1.75 bits per heavy atom. The molecule has 0 saturated carbocycles. The van der Waals surface area contributed by atoms with Gasteiger partial charge < -0.3 is 25.6 Å². The van der Waals surface area contributed by atoms with Crippen LogP contribution in [-0.4, -0.2) is 57.3 Å². The van der Waals surface area contributed by atoms with E-state index >= 15 is 0 Å². The van der Waals surface area contributed by atoms with E-state index in [2.05, 4.69) is 56.5 Å². The minimum atomic E-state index is 0.585. The van der Waals surface area contributed by atoms with Crippen molar-refractivity contribution >= 4 is 28.9 Å². The second-order valence-electron chi connectivity index (χ2n) is 6.74. The molecular formula is C21H28ClN5O. The number of nitrogens with two attached hydrogens (primary N) is 1. The first-order valence-electron chi connectivity index (χ1n) is 9.53. The summed E-state index contributed by atoms with van der Waals surface area (Å²) < 4.78 is 5.04. The molecule has 1 fully saturated rings. The summed E-state index contributed by atoms with van der Waals surface area (Å²) in [7, 11) is 1.70. The monoisotopic (exact) mass is 401 g/mol. The van der Waals surface area contributed by atoms with Crippen molar-refractivity contribution in [1.29, 1.82) is 0 Å². The molecule has 0 amide bonds. The number of rotatable bonds is 7. The Hall–Kier alpha value is -2.44. The van der Waals surface area contributed by atoms with Crippen molar-refractivity contribution < 1.29 is 4.74 Å². The van der Waals surface area contributed by atoms with Gasteiger partial charge in [0.2, 0.25) is 0 Å². The fourth-order valence-electron chi connectivity index (χ4n) is 3.14. The van der Waals surface area contributed by atoms with Crippen molar-refractivity contribution in [2.75, 3.05) is 56.7 Å². The van der Waals surface area contributed by atoms with Gasteiger partial charge in [0.25, 0.3) is 0 Å². The molecular weight excluding hydrogens is 374 g/mol. The Bertz CT molecular complexity index is 755. The number of halogens is 1. The molecule has 2 aromatic rings. The molecule has 0 spiro atoms. The van der Waals surface area contributed by atoms with E-state index in [1.165, 1.54) is 5.69 Å². The predicted molar refractivity (Wildman–Crippen MR) is 117 cm³/mol. The van der Waals surface area contributed by atoms with Gasteiger partial charge in [-0.05, 0) is 42.0 Å². The summed E-state index contributed by atoms with van der Waals surface area (Å²) in [4.78, 5) is 9.07. The van der Waals surface area contributed by atoms with Gasteiger partial charge in [-0.2, -0.15) is 0 Å². The summed E-state index contributed by atoms with van der Waals surface area (Å²) in [5.41, 5.74) is 9.64. The van der Waals surface area contributed by atoms with Gasteiger partial charge in [0.05, 0.1) is 13.2 Å². The average molecular weight is 402 g/mol. The van der Waals surface area contributed by atoms with Gasteiger partial charge in [0, 0.05) is 56.2 Å². The maximum atomic E-state index is 6.22. The fraction of sp³-hybridized carbons (Fsp3) is 0.381. The molecule has 1 aliphatic heterocycles. The van der Waals surface area contributed by atoms with Gasteiger partial charge >= 0.3 is 0 Å². The summed E-state index contributed by atoms with van der Waals surface area (Å²) in [5, 5.41) is 4.07. The van der Waals surface area contributed by atoms with Crippen molar-refractivity contribution in [3.63, 3.8) is 0 Å². The van der Waals surface area contributed by atoms with Crippen LogP contribution in [0, 0.1) is 0 Å². The van der Waals surface area contributed by atoms with Crippen LogP contribution in [0.5, 0.6) is 0 Å². The molecule has 0 unspecified atom stereocenters. The Labute approximate surface area is 171 Å². The number of guanidine groups is 1. The molecule has 0 aliphatic carbocycles. The second-order valence-corrected chi connectivity index (χ2v) is 7.18. The first-order chi connectivity index (χ1) is 13.7. The largest absolute Gasteiger partial charge is 0.383 e. The molecule has 3 rings (SSSR count). The van der Waals surface area contributed by atoms with Crippen LogP contribution in [-0.2, 0) is 11.3 Å². The number of benzene rings is 2. The van der Waals surface area contributed by atoms with E-state index in [0.29, 0.717) is 19.1 Å². The maximum Gasteiger partial charge on any atom is 0.191 e. The molecule has 28 heavy (non-hydrogen) atoms. The topological polar surface area (TPSA) is 66.1 Å². The van der Waals surface area contributed by atoms with Crippen LogP contribution in [0.15, 0.2) is 53.5 Å². The third-order valence-electron chi connectivity index (χ3n) is 4.81. The van der Waals surface area contributed by atoms with Crippen LogP contribution in [0.1, 0.15) is 5.56 Å². The van der Waals surface area contributed by atoms with E-state index in [1.54, 1.807) is 7.11 Å². The summed E-state index contributed by atoms with van der Waals surface area (Å²) in [6, 6.07) is 16.2. The van der Waals surface area contributed by atoms with E-state index in [0.717, 1.165) is 49.0 Å². The molecule has 1 aliphatic rings. The average Bonchev–Trinajstić information content (AvgIpc) is 2.74. The van der Waals surface area contributed by atoms with Crippen molar-refractivity contribution in [3.8, 4) is 0 Å². The number of nitrogens with zero attached hydrogens (tertiary/aromatic N) is 3. The van der Waals surface area contributed by atoms with E-state index in [9.17, 15) is 0 Å². The highest BCUT2D eigenvalue weighted by molar-refractivity contribution is 6.30. The second kappa shape index (κ2) is 10.2. The van der Waals surface area contributed by atoms with Crippen molar-refractivity contribution in [3.05, 3.63) is 59.1 Å². The van der Waals surface area contributed by atoms with Crippen molar-refractivity contribution in [2.45, 2.75) is 6.54 Å². The number of ether oxygens (including phenoxy) is 1. The van der Waals surface area contributed by atoms with Crippen molar-refractivity contribution in [1.82, 2.24) is 4.90 Å². The van der Waals surface area contributed by atoms with Crippen LogP contribution < -0.4 is 16.0 Å². The van der Waals surface area contributed by atoms with Gasteiger partial charge in [0.15, 0.2) is 5.96 Å². The molecule has 3 N–H and O–H groups in total.